The van der Waals surface area contributed by atoms with Crippen LogP contribution in [-0.4, -0.2) is 16.6 Å². The first-order valence-corrected chi connectivity index (χ1v) is 7.04. The average molecular weight is 287 g/mol. The number of ether oxygens (including phenoxy) is 2. The summed E-state index contributed by atoms with van der Waals surface area (Å²) in [4.78, 5) is 8.12. The summed E-state index contributed by atoms with van der Waals surface area (Å²) >= 11 is 0. The third-order valence-corrected chi connectivity index (χ3v) is 3.09. The number of hydrogen-bond donors (Lipinski definition) is 1. The normalized spacial score (nSPS) is 10.7. The highest BCUT2D eigenvalue weighted by Crippen LogP contribution is 2.35. The van der Waals surface area contributed by atoms with Gasteiger partial charge in [-0.3, -0.25) is 0 Å². The average Bonchev–Trinajstić information content (AvgIpc) is 2.43. The van der Waals surface area contributed by atoms with Crippen molar-refractivity contribution in [1.29, 1.82) is 0 Å². The molecule has 1 heterocycles. The first kappa shape index (κ1) is 15.1. The van der Waals surface area contributed by atoms with Crippen molar-refractivity contribution in [1.82, 2.24) is 9.97 Å². The quantitative estimate of drug-likeness (QED) is 0.908. The first-order chi connectivity index (χ1) is 10.0. The summed E-state index contributed by atoms with van der Waals surface area (Å²) in [5.41, 5.74) is 8.55. The van der Waals surface area contributed by atoms with Crippen LogP contribution in [0.25, 0.3) is 0 Å². The van der Waals surface area contributed by atoms with E-state index in [1.54, 1.807) is 0 Å². The number of anilines is 1. The number of hydrogen-bond acceptors (Lipinski definition) is 5. The Bertz CT molecular complexity index is 627. The van der Waals surface area contributed by atoms with Gasteiger partial charge in [-0.05, 0) is 37.0 Å². The lowest BCUT2D eigenvalue weighted by molar-refractivity contribution is 0.325. The van der Waals surface area contributed by atoms with Crippen LogP contribution in [0.4, 0.5) is 5.69 Å². The van der Waals surface area contributed by atoms with Crippen LogP contribution in [0.2, 0.25) is 0 Å². The Labute approximate surface area is 125 Å². The number of nitrogens with zero attached hydrogens (tertiary/aromatic N) is 2. The van der Waals surface area contributed by atoms with E-state index in [1.165, 1.54) is 6.33 Å². The second kappa shape index (κ2) is 6.43. The van der Waals surface area contributed by atoms with Gasteiger partial charge in [0.25, 0.3) is 0 Å². The molecule has 0 atom stereocenters. The Morgan fingerprint density at radius 2 is 1.90 bits per heavy atom. The molecule has 21 heavy (non-hydrogen) atoms. The highest BCUT2D eigenvalue weighted by Gasteiger charge is 2.14. The van der Waals surface area contributed by atoms with Gasteiger partial charge in [-0.1, -0.05) is 26.0 Å². The summed E-state index contributed by atoms with van der Waals surface area (Å²) in [7, 11) is 0. The van der Waals surface area contributed by atoms with Gasteiger partial charge in [0.2, 0.25) is 11.8 Å². The maximum atomic E-state index is 6.01. The van der Waals surface area contributed by atoms with Gasteiger partial charge in [0.05, 0.1) is 6.61 Å². The van der Waals surface area contributed by atoms with Crippen molar-refractivity contribution in [2.45, 2.75) is 33.6 Å². The lowest BCUT2D eigenvalue weighted by atomic mass is 10.0. The Kier molecular flexibility index (Phi) is 4.62. The van der Waals surface area contributed by atoms with E-state index in [0.717, 1.165) is 16.9 Å². The van der Waals surface area contributed by atoms with Gasteiger partial charge in [0, 0.05) is 0 Å². The monoisotopic (exact) mass is 287 g/mol. The van der Waals surface area contributed by atoms with Gasteiger partial charge in [-0.25, -0.2) is 0 Å². The molecule has 5 nitrogen and oxygen atoms in total. The molecule has 0 aliphatic heterocycles. The van der Waals surface area contributed by atoms with Gasteiger partial charge in [-0.2, -0.15) is 9.97 Å². The molecule has 0 radical (unpaired) electrons. The summed E-state index contributed by atoms with van der Waals surface area (Å²) in [6.45, 7) is 8.62. The standard InChI is InChI=1S/C16H21N3O2/c1-5-20-15-14(17)16(19-9-18-15)21-13-8-11(4)6-7-12(13)10(2)3/h6-10H,5,17H2,1-4H3. The van der Waals surface area contributed by atoms with Crippen LogP contribution in [0, 0.1) is 6.92 Å². The maximum absolute atomic E-state index is 6.01. The fourth-order valence-corrected chi connectivity index (χ4v) is 2.01. The van der Waals surface area contributed by atoms with Gasteiger partial charge in [-0.15, -0.1) is 0 Å². The van der Waals surface area contributed by atoms with Crippen LogP contribution in [-0.2, 0) is 0 Å². The molecule has 0 saturated carbocycles. The number of aromatic nitrogens is 2. The van der Waals surface area contributed by atoms with E-state index in [-0.39, 0.29) is 0 Å². The van der Waals surface area contributed by atoms with Crippen molar-refractivity contribution in [2.75, 3.05) is 12.3 Å². The predicted molar refractivity (Wildman–Crippen MR) is 83.0 cm³/mol. The van der Waals surface area contributed by atoms with E-state index in [9.17, 15) is 0 Å². The molecule has 0 aliphatic carbocycles. The molecule has 2 N–H and O–H groups in total. The highest BCUT2D eigenvalue weighted by molar-refractivity contribution is 5.57. The van der Waals surface area contributed by atoms with Gasteiger partial charge in [0.15, 0.2) is 5.69 Å². The van der Waals surface area contributed by atoms with Crippen LogP contribution >= 0.6 is 0 Å². The minimum atomic E-state index is 0.315. The zero-order chi connectivity index (χ0) is 15.4. The van der Waals surface area contributed by atoms with E-state index in [0.29, 0.717) is 30.0 Å². The zero-order valence-electron chi connectivity index (χ0n) is 12.9. The summed E-state index contributed by atoms with van der Waals surface area (Å²) in [5, 5.41) is 0. The van der Waals surface area contributed by atoms with Crippen molar-refractivity contribution >= 4 is 5.69 Å². The fourth-order valence-electron chi connectivity index (χ4n) is 2.01. The van der Waals surface area contributed by atoms with Crippen molar-refractivity contribution in [3.8, 4) is 17.5 Å². The molecule has 5 heteroatoms. The second-order valence-corrected chi connectivity index (χ2v) is 5.13. The van der Waals surface area contributed by atoms with Crippen LogP contribution in [0.5, 0.6) is 17.5 Å². The lowest BCUT2D eigenvalue weighted by Crippen LogP contribution is -2.04. The van der Waals surface area contributed by atoms with E-state index in [4.69, 9.17) is 15.2 Å². The Hall–Kier alpha value is -2.30. The number of benzene rings is 1. The molecule has 112 valence electrons. The SMILES string of the molecule is CCOc1ncnc(Oc2cc(C)ccc2C(C)C)c1N. The first-order valence-electron chi connectivity index (χ1n) is 7.04. The molecular formula is C16H21N3O2. The third kappa shape index (κ3) is 3.42. The molecule has 0 unspecified atom stereocenters. The predicted octanol–water partition coefficient (Wildman–Crippen LogP) is 3.68. The number of rotatable bonds is 5. The second-order valence-electron chi connectivity index (χ2n) is 5.13. The van der Waals surface area contributed by atoms with Crippen LogP contribution in [0.1, 0.15) is 37.8 Å². The minimum Gasteiger partial charge on any atom is -0.476 e. The molecule has 0 bridgehead atoms. The van der Waals surface area contributed by atoms with Crippen LogP contribution in [0.15, 0.2) is 24.5 Å². The summed E-state index contributed by atoms with van der Waals surface area (Å²) in [5.74, 6) is 1.77. The van der Waals surface area contributed by atoms with Gasteiger partial charge >= 0.3 is 0 Å². The summed E-state index contributed by atoms with van der Waals surface area (Å²) < 4.78 is 11.3. The van der Waals surface area contributed by atoms with Crippen molar-refractivity contribution in [3.63, 3.8) is 0 Å². The molecular weight excluding hydrogens is 266 g/mol. The molecule has 0 saturated heterocycles. The van der Waals surface area contributed by atoms with E-state index >= 15 is 0 Å². The van der Waals surface area contributed by atoms with Crippen molar-refractivity contribution < 1.29 is 9.47 Å². The molecule has 2 aromatic rings. The molecule has 0 aliphatic rings. The summed E-state index contributed by atoms with van der Waals surface area (Å²) in [6, 6.07) is 6.12. The van der Waals surface area contributed by atoms with Crippen LogP contribution in [0.3, 0.4) is 0 Å². The molecule has 0 spiro atoms. The van der Waals surface area contributed by atoms with Crippen molar-refractivity contribution in [3.05, 3.63) is 35.7 Å². The zero-order valence-corrected chi connectivity index (χ0v) is 12.9. The van der Waals surface area contributed by atoms with E-state index in [2.05, 4.69) is 35.9 Å². The van der Waals surface area contributed by atoms with Crippen LogP contribution < -0.4 is 15.2 Å². The third-order valence-electron chi connectivity index (χ3n) is 3.09. The topological polar surface area (TPSA) is 70.3 Å². The molecule has 0 fully saturated rings. The number of aryl methyl sites for hydroxylation is 1. The molecule has 0 amide bonds. The van der Waals surface area contributed by atoms with E-state index in [1.807, 2.05) is 19.9 Å². The Balaban J connectivity index is 2.38. The lowest BCUT2D eigenvalue weighted by Gasteiger charge is -2.15. The number of nitrogens with two attached hydrogens (primary N) is 1. The largest absolute Gasteiger partial charge is 0.476 e. The Morgan fingerprint density at radius 1 is 1.19 bits per heavy atom. The minimum absolute atomic E-state index is 0.315. The smallest absolute Gasteiger partial charge is 0.249 e. The number of nitrogen functional groups attached to an aromatic ring is 1. The molecule has 2 rings (SSSR count). The Morgan fingerprint density at radius 3 is 2.57 bits per heavy atom. The molecule has 1 aromatic heterocycles. The maximum Gasteiger partial charge on any atom is 0.249 e. The summed E-state index contributed by atoms with van der Waals surface area (Å²) in [6.07, 6.45) is 1.39. The van der Waals surface area contributed by atoms with Crippen molar-refractivity contribution in [2.24, 2.45) is 0 Å². The van der Waals surface area contributed by atoms with Gasteiger partial charge in [0.1, 0.15) is 12.1 Å². The molecule has 1 aromatic carbocycles. The van der Waals surface area contributed by atoms with E-state index < -0.39 is 0 Å². The highest BCUT2D eigenvalue weighted by atomic mass is 16.5. The fraction of sp³-hybridized carbons (Fsp3) is 0.375. The van der Waals surface area contributed by atoms with Gasteiger partial charge < -0.3 is 15.2 Å².